The van der Waals surface area contributed by atoms with Crippen LogP contribution in [0, 0.1) is 0 Å². The first-order valence-electron chi connectivity index (χ1n) is 9.68. The highest BCUT2D eigenvalue weighted by Crippen LogP contribution is 2.28. The molecule has 8 heteroatoms. The average Bonchev–Trinajstić information content (AvgIpc) is 3.22. The van der Waals surface area contributed by atoms with Gasteiger partial charge in [0, 0.05) is 12.7 Å². The van der Waals surface area contributed by atoms with Crippen molar-refractivity contribution in [1.82, 2.24) is 15.1 Å². The maximum Gasteiger partial charge on any atom is 0.269 e. The van der Waals surface area contributed by atoms with Crippen LogP contribution in [0.25, 0.3) is 0 Å². The van der Waals surface area contributed by atoms with Gasteiger partial charge in [0.2, 0.25) is 0 Å². The Kier molecular flexibility index (Phi) is 7.57. The van der Waals surface area contributed by atoms with E-state index in [0.717, 1.165) is 5.56 Å². The molecule has 0 unspecified atom stereocenters. The zero-order valence-corrected chi connectivity index (χ0v) is 17.7. The summed E-state index contributed by atoms with van der Waals surface area (Å²) in [5.74, 6) is 1.61. The topological polar surface area (TPSA) is 74.6 Å². The van der Waals surface area contributed by atoms with Crippen LogP contribution in [-0.2, 0) is 13.3 Å². The number of halogens is 1. The molecule has 3 aromatic rings. The molecule has 0 spiro atoms. The second kappa shape index (κ2) is 10.5. The van der Waals surface area contributed by atoms with E-state index in [2.05, 4.69) is 10.4 Å². The molecule has 0 atom stereocenters. The van der Waals surface area contributed by atoms with E-state index in [1.165, 1.54) is 4.68 Å². The number of aromatic nitrogens is 2. The number of para-hydroxylation sites is 1. The molecule has 0 aliphatic heterocycles. The van der Waals surface area contributed by atoms with Gasteiger partial charge < -0.3 is 19.5 Å². The van der Waals surface area contributed by atoms with Crippen molar-refractivity contribution < 1.29 is 19.0 Å². The molecule has 1 aromatic heterocycles. The van der Waals surface area contributed by atoms with Crippen molar-refractivity contribution in [2.45, 2.75) is 27.1 Å². The van der Waals surface area contributed by atoms with Crippen molar-refractivity contribution in [3.05, 3.63) is 71.0 Å². The van der Waals surface area contributed by atoms with Gasteiger partial charge in [0.15, 0.2) is 18.2 Å². The molecule has 0 aliphatic rings. The Balaban J connectivity index is 1.62. The number of carbonyl (C=O) groups is 1. The summed E-state index contributed by atoms with van der Waals surface area (Å²) in [4.78, 5) is 12.6. The van der Waals surface area contributed by atoms with Crippen LogP contribution >= 0.6 is 11.6 Å². The van der Waals surface area contributed by atoms with Gasteiger partial charge in [-0.05, 0) is 49.7 Å². The van der Waals surface area contributed by atoms with E-state index < -0.39 is 0 Å². The van der Waals surface area contributed by atoms with Gasteiger partial charge in [-0.1, -0.05) is 29.8 Å². The average molecular weight is 430 g/mol. The number of carbonyl (C=O) groups excluding carboxylic acids is 1. The van der Waals surface area contributed by atoms with Crippen molar-refractivity contribution in [2.75, 3.05) is 13.2 Å². The highest BCUT2D eigenvalue weighted by molar-refractivity contribution is 6.32. The van der Waals surface area contributed by atoms with Crippen LogP contribution in [0.4, 0.5) is 0 Å². The first-order valence-corrected chi connectivity index (χ1v) is 10.1. The predicted octanol–water partition coefficient (Wildman–Crippen LogP) is 4.30. The molecule has 0 radical (unpaired) electrons. The van der Waals surface area contributed by atoms with Gasteiger partial charge >= 0.3 is 0 Å². The second-order valence-corrected chi connectivity index (χ2v) is 6.66. The fourth-order valence-corrected chi connectivity index (χ4v) is 2.99. The normalized spacial score (nSPS) is 10.5. The zero-order chi connectivity index (χ0) is 21.3. The van der Waals surface area contributed by atoms with Crippen LogP contribution in [0.2, 0.25) is 5.02 Å². The van der Waals surface area contributed by atoms with E-state index in [0.29, 0.717) is 47.7 Å². The Bertz CT molecular complexity index is 990. The lowest BCUT2D eigenvalue weighted by Crippen LogP contribution is -2.26. The minimum Gasteiger partial charge on any atom is -0.490 e. The number of amides is 1. The minimum atomic E-state index is -0.262. The van der Waals surface area contributed by atoms with Crippen molar-refractivity contribution in [3.8, 4) is 17.2 Å². The van der Waals surface area contributed by atoms with E-state index >= 15 is 0 Å². The molecule has 7 nitrogen and oxygen atoms in total. The van der Waals surface area contributed by atoms with Crippen LogP contribution < -0.4 is 19.5 Å². The number of ether oxygens (including phenoxy) is 3. The van der Waals surface area contributed by atoms with Gasteiger partial charge in [-0.3, -0.25) is 4.79 Å². The fourth-order valence-electron chi connectivity index (χ4n) is 2.80. The van der Waals surface area contributed by atoms with Crippen molar-refractivity contribution in [3.63, 3.8) is 0 Å². The zero-order valence-electron chi connectivity index (χ0n) is 16.9. The van der Waals surface area contributed by atoms with E-state index in [-0.39, 0.29) is 12.6 Å². The number of benzene rings is 2. The number of nitrogens with one attached hydrogen (secondary N) is 1. The Morgan fingerprint density at radius 3 is 2.53 bits per heavy atom. The monoisotopic (exact) mass is 429 g/mol. The van der Waals surface area contributed by atoms with E-state index in [9.17, 15) is 4.79 Å². The lowest BCUT2D eigenvalue weighted by Gasteiger charge is -2.13. The van der Waals surface area contributed by atoms with Crippen LogP contribution in [-0.4, -0.2) is 28.9 Å². The summed E-state index contributed by atoms with van der Waals surface area (Å²) in [6, 6.07) is 14.4. The largest absolute Gasteiger partial charge is 0.490 e. The summed E-state index contributed by atoms with van der Waals surface area (Å²) in [5.41, 5.74) is 1.28. The molecule has 3 rings (SSSR count). The summed E-state index contributed by atoms with van der Waals surface area (Å²) < 4.78 is 18.3. The third kappa shape index (κ3) is 5.45. The molecule has 1 heterocycles. The Labute approximate surface area is 180 Å². The third-order valence-electron chi connectivity index (χ3n) is 4.19. The summed E-state index contributed by atoms with van der Waals surface area (Å²) in [7, 11) is 0. The van der Waals surface area contributed by atoms with Gasteiger partial charge in [-0.2, -0.15) is 5.10 Å². The predicted molar refractivity (Wildman–Crippen MR) is 114 cm³/mol. The number of nitrogens with zero attached hydrogens (tertiary/aromatic N) is 2. The molecule has 158 valence electrons. The molecule has 1 N–H and O–H groups in total. The van der Waals surface area contributed by atoms with Crippen molar-refractivity contribution in [2.24, 2.45) is 0 Å². The molecule has 0 aliphatic carbocycles. The second-order valence-electron chi connectivity index (χ2n) is 6.25. The summed E-state index contributed by atoms with van der Waals surface area (Å²) in [5, 5.41) is 7.55. The van der Waals surface area contributed by atoms with Gasteiger partial charge in [-0.15, -0.1) is 0 Å². The molecule has 0 saturated heterocycles. The van der Waals surface area contributed by atoms with Gasteiger partial charge in [0.05, 0.1) is 18.2 Å². The highest BCUT2D eigenvalue weighted by Gasteiger charge is 2.13. The summed E-state index contributed by atoms with van der Waals surface area (Å²) >= 11 is 6.10. The van der Waals surface area contributed by atoms with Gasteiger partial charge in [-0.25, -0.2) is 4.68 Å². The van der Waals surface area contributed by atoms with Crippen LogP contribution in [0.1, 0.15) is 29.9 Å². The minimum absolute atomic E-state index is 0.0665. The number of hydrogen-bond acceptors (Lipinski definition) is 5. The van der Waals surface area contributed by atoms with Crippen LogP contribution in [0.3, 0.4) is 0 Å². The van der Waals surface area contributed by atoms with E-state index in [1.807, 2.05) is 44.2 Å². The maximum absolute atomic E-state index is 12.6. The van der Waals surface area contributed by atoms with Crippen LogP contribution in [0.5, 0.6) is 17.2 Å². The molecule has 1 amide bonds. The lowest BCUT2D eigenvalue weighted by molar-refractivity contribution is 0.0929. The smallest absolute Gasteiger partial charge is 0.269 e. The maximum atomic E-state index is 12.6. The molecular weight excluding hydrogens is 406 g/mol. The Hall–Kier alpha value is -3.19. The molecular formula is C22H24ClN3O4. The first-order chi connectivity index (χ1) is 14.6. The molecule has 30 heavy (non-hydrogen) atoms. The first kappa shape index (κ1) is 21.5. The van der Waals surface area contributed by atoms with Gasteiger partial charge in [0.25, 0.3) is 5.91 Å². The lowest BCUT2D eigenvalue weighted by atomic mass is 10.2. The third-order valence-corrected chi connectivity index (χ3v) is 4.50. The molecule has 2 aromatic carbocycles. The fraction of sp³-hybridized carbons (Fsp3) is 0.273. The van der Waals surface area contributed by atoms with E-state index in [4.69, 9.17) is 25.8 Å². The molecule has 0 bridgehead atoms. The number of hydrogen-bond donors (Lipinski definition) is 1. The van der Waals surface area contributed by atoms with Crippen molar-refractivity contribution >= 4 is 17.5 Å². The quantitative estimate of drug-likeness (QED) is 0.520. The molecule has 0 saturated carbocycles. The molecule has 0 fully saturated rings. The van der Waals surface area contributed by atoms with Gasteiger partial charge in [0.1, 0.15) is 11.4 Å². The SMILES string of the molecule is CCOc1ccc(CNC(=O)c2ccnn2COc2ccccc2Cl)cc1OCC. The summed E-state index contributed by atoms with van der Waals surface area (Å²) in [6.45, 7) is 5.31. The highest BCUT2D eigenvalue weighted by atomic mass is 35.5. The van der Waals surface area contributed by atoms with Crippen LogP contribution in [0.15, 0.2) is 54.7 Å². The standard InChI is InChI=1S/C22H24ClN3O4/c1-3-28-20-10-9-16(13-21(20)29-4-2)14-24-22(27)18-11-12-25-26(18)15-30-19-8-6-5-7-17(19)23/h5-13H,3-4,14-15H2,1-2H3,(H,24,27). The summed E-state index contributed by atoms with van der Waals surface area (Å²) in [6.07, 6.45) is 1.55. The Morgan fingerprint density at radius 1 is 1.00 bits per heavy atom. The Morgan fingerprint density at radius 2 is 1.77 bits per heavy atom. The van der Waals surface area contributed by atoms with E-state index in [1.54, 1.807) is 24.4 Å². The number of rotatable bonds is 10. The van der Waals surface area contributed by atoms with Crippen molar-refractivity contribution in [1.29, 1.82) is 0 Å².